The Labute approximate surface area is 94.1 Å². The molecule has 0 heterocycles. The minimum Gasteiger partial charge on any atom is -0.300 e. The minimum atomic E-state index is -0.208. The molecule has 0 spiro atoms. The van der Waals surface area contributed by atoms with Gasteiger partial charge in [-0.25, -0.2) is 4.39 Å². The van der Waals surface area contributed by atoms with Gasteiger partial charge in [-0.15, -0.1) is 11.8 Å². The van der Waals surface area contributed by atoms with E-state index >= 15 is 0 Å². The summed E-state index contributed by atoms with van der Waals surface area (Å²) in [5.41, 5.74) is 0. The fourth-order valence-electron chi connectivity index (χ4n) is 1.17. The number of benzene rings is 1. The summed E-state index contributed by atoms with van der Waals surface area (Å²) in [6.45, 7) is 1.88. The van der Waals surface area contributed by atoms with Crippen LogP contribution in [0.1, 0.15) is 26.2 Å². The second-order valence-corrected chi connectivity index (χ2v) is 4.47. The lowest BCUT2D eigenvalue weighted by Crippen LogP contribution is -1.95. The van der Waals surface area contributed by atoms with Gasteiger partial charge in [0.25, 0.3) is 0 Å². The van der Waals surface area contributed by atoms with E-state index in [4.69, 9.17) is 0 Å². The molecule has 0 N–H and O–H groups in total. The third-order valence-corrected chi connectivity index (χ3v) is 3.17. The van der Waals surface area contributed by atoms with Gasteiger partial charge in [0.1, 0.15) is 11.6 Å². The van der Waals surface area contributed by atoms with E-state index in [-0.39, 0.29) is 5.82 Å². The maximum atomic E-state index is 12.6. The summed E-state index contributed by atoms with van der Waals surface area (Å²) in [6, 6.07) is 6.45. The second kappa shape index (κ2) is 6.62. The smallest absolute Gasteiger partial charge is 0.132 e. The molecule has 0 unspecified atom stereocenters. The molecule has 0 bridgehead atoms. The number of Topliss-reactive ketones (excluding diaryl/α,β-unsaturated/α-hetero) is 1. The van der Waals surface area contributed by atoms with Crippen LogP contribution < -0.4 is 0 Å². The highest BCUT2D eigenvalue weighted by atomic mass is 32.2. The molecule has 0 saturated carbocycles. The molecule has 0 amide bonds. The monoisotopic (exact) mass is 226 g/mol. The molecule has 0 aliphatic rings. The van der Waals surface area contributed by atoms with Crippen LogP contribution in [0, 0.1) is 5.82 Å². The number of ketones is 1. The molecule has 0 aliphatic carbocycles. The first-order chi connectivity index (χ1) is 7.22. The van der Waals surface area contributed by atoms with E-state index in [1.165, 1.54) is 12.1 Å². The van der Waals surface area contributed by atoms with Crippen molar-refractivity contribution in [3.8, 4) is 0 Å². The normalized spacial score (nSPS) is 10.3. The van der Waals surface area contributed by atoms with Gasteiger partial charge in [-0.05, 0) is 36.4 Å². The average molecular weight is 226 g/mol. The van der Waals surface area contributed by atoms with Crippen molar-refractivity contribution < 1.29 is 9.18 Å². The lowest BCUT2D eigenvalue weighted by molar-refractivity contribution is -0.118. The van der Waals surface area contributed by atoms with Crippen molar-refractivity contribution in [3.63, 3.8) is 0 Å². The molecule has 1 nitrogen and oxygen atoms in total. The summed E-state index contributed by atoms with van der Waals surface area (Å²) in [5, 5.41) is 0. The van der Waals surface area contributed by atoms with Gasteiger partial charge in [-0.3, -0.25) is 4.79 Å². The van der Waals surface area contributed by atoms with Gasteiger partial charge in [0.15, 0.2) is 0 Å². The van der Waals surface area contributed by atoms with Crippen LogP contribution in [0.4, 0.5) is 4.39 Å². The fourth-order valence-corrected chi connectivity index (χ4v) is 2.02. The van der Waals surface area contributed by atoms with E-state index in [0.29, 0.717) is 18.6 Å². The Morgan fingerprint density at radius 1 is 1.33 bits per heavy atom. The Morgan fingerprint density at radius 2 is 2.00 bits per heavy atom. The molecule has 0 radical (unpaired) electrons. The van der Waals surface area contributed by atoms with Gasteiger partial charge in [-0.1, -0.05) is 6.92 Å². The largest absolute Gasteiger partial charge is 0.300 e. The summed E-state index contributed by atoms with van der Waals surface area (Å²) in [6.07, 6.45) is 2.18. The molecule has 0 fully saturated rings. The van der Waals surface area contributed by atoms with Crippen molar-refractivity contribution in [3.05, 3.63) is 30.1 Å². The van der Waals surface area contributed by atoms with E-state index in [1.54, 1.807) is 23.9 Å². The molecule has 1 rings (SSSR count). The molecular formula is C12H15FOS. The van der Waals surface area contributed by atoms with Crippen molar-refractivity contribution >= 4 is 17.5 Å². The van der Waals surface area contributed by atoms with Crippen molar-refractivity contribution in [2.45, 2.75) is 31.1 Å². The number of rotatable bonds is 6. The van der Waals surface area contributed by atoms with Crippen molar-refractivity contribution in [1.82, 2.24) is 0 Å². The zero-order chi connectivity index (χ0) is 11.1. The van der Waals surface area contributed by atoms with Crippen molar-refractivity contribution in [2.24, 2.45) is 0 Å². The summed E-state index contributed by atoms with van der Waals surface area (Å²) in [4.78, 5) is 12.1. The highest BCUT2D eigenvalue weighted by Crippen LogP contribution is 2.19. The topological polar surface area (TPSA) is 17.1 Å². The zero-order valence-corrected chi connectivity index (χ0v) is 9.65. The van der Waals surface area contributed by atoms with Crippen LogP contribution in [0.5, 0.6) is 0 Å². The maximum Gasteiger partial charge on any atom is 0.132 e. The third kappa shape index (κ3) is 4.98. The molecule has 1 aromatic carbocycles. The van der Waals surface area contributed by atoms with Gasteiger partial charge in [-0.2, -0.15) is 0 Å². The Hall–Kier alpha value is -0.830. The number of carbonyl (C=O) groups excluding carboxylic acids is 1. The van der Waals surface area contributed by atoms with E-state index in [2.05, 4.69) is 0 Å². The standard InChI is InChI=1S/C12H15FOS/c1-2-11(14)4-3-9-15-12-7-5-10(13)6-8-12/h5-8H,2-4,9H2,1H3. The van der Waals surface area contributed by atoms with Gasteiger partial charge in [0.05, 0.1) is 0 Å². The van der Waals surface area contributed by atoms with Gasteiger partial charge >= 0.3 is 0 Å². The summed E-state index contributed by atoms with van der Waals surface area (Å²) >= 11 is 1.66. The number of thioether (sulfide) groups is 1. The molecule has 82 valence electrons. The van der Waals surface area contributed by atoms with E-state index in [1.807, 2.05) is 6.92 Å². The first kappa shape index (κ1) is 12.2. The molecular weight excluding hydrogens is 211 g/mol. The molecule has 0 aromatic heterocycles. The average Bonchev–Trinajstić information content (AvgIpc) is 2.26. The fraction of sp³-hybridized carbons (Fsp3) is 0.417. The summed E-state index contributed by atoms with van der Waals surface area (Å²) < 4.78 is 12.6. The maximum absolute atomic E-state index is 12.6. The van der Waals surface area contributed by atoms with Crippen LogP contribution in [-0.4, -0.2) is 11.5 Å². The first-order valence-corrected chi connectivity index (χ1v) is 6.11. The number of hydrogen-bond acceptors (Lipinski definition) is 2. The predicted octanol–water partition coefficient (Wildman–Crippen LogP) is 3.68. The Bertz CT molecular complexity index is 308. The molecule has 0 atom stereocenters. The SMILES string of the molecule is CCC(=O)CCCSc1ccc(F)cc1. The Balaban J connectivity index is 2.20. The van der Waals surface area contributed by atoms with Crippen molar-refractivity contribution in [2.75, 3.05) is 5.75 Å². The lowest BCUT2D eigenvalue weighted by Gasteiger charge is -2.00. The van der Waals surface area contributed by atoms with Crippen LogP contribution in [0.3, 0.4) is 0 Å². The summed E-state index contributed by atoms with van der Waals surface area (Å²) in [5.74, 6) is 1.02. The van der Waals surface area contributed by atoms with Crippen LogP contribution in [-0.2, 0) is 4.79 Å². The predicted molar refractivity (Wildman–Crippen MR) is 61.7 cm³/mol. The molecule has 3 heteroatoms. The Kier molecular flexibility index (Phi) is 5.40. The second-order valence-electron chi connectivity index (χ2n) is 3.30. The molecule has 0 aliphatic heterocycles. The zero-order valence-electron chi connectivity index (χ0n) is 8.83. The molecule has 1 aromatic rings. The van der Waals surface area contributed by atoms with Crippen LogP contribution >= 0.6 is 11.8 Å². The van der Waals surface area contributed by atoms with E-state index < -0.39 is 0 Å². The van der Waals surface area contributed by atoms with Gasteiger partial charge in [0, 0.05) is 17.7 Å². The highest BCUT2D eigenvalue weighted by molar-refractivity contribution is 7.99. The Morgan fingerprint density at radius 3 is 2.60 bits per heavy atom. The summed E-state index contributed by atoms with van der Waals surface area (Å²) in [7, 11) is 0. The van der Waals surface area contributed by atoms with Crippen LogP contribution in [0.2, 0.25) is 0 Å². The number of halogens is 1. The van der Waals surface area contributed by atoms with Gasteiger partial charge < -0.3 is 0 Å². The van der Waals surface area contributed by atoms with Crippen LogP contribution in [0.25, 0.3) is 0 Å². The van der Waals surface area contributed by atoms with Gasteiger partial charge in [0.2, 0.25) is 0 Å². The number of carbonyl (C=O) groups is 1. The highest BCUT2D eigenvalue weighted by Gasteiger charge is 1.99. The first-order valence-electron chi connectivity index (χ1n) is 5.12. The lowest BCUT2D eigenvalue weighted by atomic mass is 10.2. The minimum absolute atomic E-state index is 0.208. The van der Waals surface area contributed by atoms with E-state index in [0.717, 1.165) is 17.1 Å². The van der Waals surface area contributed by atoms with Crippen LogP contribution in [0.15, 0.2) is 29.2 Å². The van der Waals surface area contributed by atoms with E-state index in [9.17, 15) is 9.18 Å². The third-order valence-electron chi connectivity index (χ3n) is 2.08. The quantitative estimate of drug-likeness (QED) is 0.543. The molecule has 15 heavy (non-hydrogen) atoms. The number of hydrogen-bond donors (Lipinski definition) is 0. The molecule has 0 saturated heterocycles. The van der Waals surface area contributed by atoms with Crippen molar-refractivity contribution in [1.29, 1.82) is 0 Å².